The van der Waals surface area contributed by atoms with E-state index in [-0.39, 0.29) is 23.0 Å². The minimum atomic E-state index is -0.371. The van der Waals surface area contributed by atoms with Crippen molar-refractivity contribution in [1.82, 2.24) is 0 Å². The maximum atomic E-state index is 11.8. The highest BCUT2D eigenvalue weighted by molar-refractivity contribution is 6.39. The highest BCUT2D eigenvalue weighted by Crippen LogP contribution is 2.31. The Bertz CT molecular complexity index is 794. The number of hydrogen-bond acceptors (Lipinski definition) is 5. The molecule has 3 rings (SSSR count). The summed E-state index contributed by atoms with van der Waals surface area (Å²) in [4.78, 5) is 33.0. The van der Waals surface area contributed by atoms with Crippen molar-refractivity contribution in [2.24, 2.45) is 5.41 Å². The van der Waals surface area contributed by atoms with Crippen LogP contribution in [0, 0.1) is 5.41 Å². The summed E-state index contributed by atoms with van der Waals surface area (Å²) in [5.74, 6) is -0.760. The molecule has 0 bridgehead atoms. The first-order chi connectivity index (χ1) is 12.8. The second-order valence-corrected chi connectivity index (χ2v) is 7.32. The highest BCUT2D eigenvalue weighted by atomic mass is 16.5. The van der Waals surface area contributed by atoms with Crippen molar-refractivity contribution in [2.45, 2.75) is 33.1 Å². The summed E-state index contributed by atoms with van der Waals surface area (Å²) in [6.07, 6.45) is 1.58. The summed E-state index contributed by atoms with van der Waals surface area (Å²) in [6, 6.07) is 16.8. The lowest BCUT2D eigenvalue weighted by Crippen LogP contribution is -2.10. The second kappa shape index (κ2) is 9.12. The van der Waals surface area contributed by atoms with Crippen molar-refractivity contribution in [3.63, 3.8) is 0 Å². The maximum Gasteiger partial charge on any atom is 0.340 e. The molecule has 0 spiro atoms. The molecule has 0 heterocycles. The molecule has 0 aromatic heterocycles. The van der Waals surface area contributed by atoms with Gasteiger partial charge in [0.2, 0.25) is 0 Å². The molecule has 1 saturated carbocycles. The summed E-state index contributed by atoms with van der Waals surface area (Å²) in [7, 11) is 0. The number of nitrogen functional groups attached to an aromatic ring is 1. The molecule has 0 atom stereocenters. The first-order valence-corrected chi connectivity index (χ1v) is 8.90. The minimum Gasteiger partial charge on any atom is -0.462 e. The molecule has 1 fully saturated rings. The smallest absolute Gasteiger partial charge is 0.340 e. The quantitative estimate of drug-likeness (QED) is 0.507. The molecule has 27 heavy (non-hydrogen) atoms. The van der Waals surface area contributed by atoms with Crippen LogP contribution in [0.2, 0.25) is 0 Å². The van der Waals surface area contributed by atoms with Gasteiger partial charge in [-0.3, -0.25) is 9.59 Å². The minimum absolute atomic E-state index is 0.0613. The van der Waals surface area contributed by atoms with Gasteiger partial charge in [0, 0.05) is 24.9 Å². The van der Waals surface area contributed by atoms with Gasteiger partial charge in [0.1, 0.15) is 0 Å². The third kappa shape index (κ3) is 6.37. The predicted octanol–water partition coefficient (Wildman–Crippen LogP) is 3.61. The molecule has 0 aliphatic heterocycles. The van der Waals surface area contributed by atoms with Gasteiger partial charge in [0.15, 0.2) is 11.6 Å². The Morgan fingerprint density at radius 1 is 0.963 bits per heavy atom. The van der Waals surface area contributed by atoms with E-state index >= 15 is 0 Å². The fourth-order valence-corrected chi connectivity index (χ4v) is 2.80. The van der Waals surface area contributed by atoms with Crippen molar-refractivity contribution in [1.29, 1.82) is 0 Å². The zero-order valence-electron chi connectivity index (χ0n) is 15.7. The van der Waals surface area contributed by atoms with E-state index in [4.69, 9.17) is 10.5 Å². The monoisotopic (exact) mass is 367 g/mol. The van der Waals surface area contributed by atoms with Crippen molar-refractivity contribution >= 4 is 23.2 Å². The number of benzene rings is 2. The predicted molar refractivity (Wildman–Crippen MR) is 104 cm³/mol. The summed E-state index contributed by atoms with van der Waals surface area (Å²) < 4.78 is 5.19. The Kier molecular flexibility index (Phi) is 6.88. The van der Waals surface area contributed by atoms with Crippen LogP contribution in [-0.4, -0.2) is 24.1 Å². The number of rotatable bonds is 4. The standard InChI is InChI=1S/C15H15NO2.C7H10O2/c16-14-9-5-4-8-13(14)15(17)18-11-10-12-6-2-1-3-7-12;1-7(2)3-5(8)6(9)4-7/h1-9H,10-11,16H2;3-4H2,1-2H3. The third-order valence-electron chi connectivity index (χ3n) is 4.24. The molecule has 5 heteroatoms. The van der Waals surface area contributed by atoms with Gasteiger partial charge >= 0.3 is 5.97 Å². The van der Waals surface area contributed by atoms with Gasteiger partial charge in [-0.25, -0.2) is 4.79 Å². The number of carbonyl (C=O) groups excluding carboxylic acids is 3. The summed E-state index contributed by atoms with van der Waals surface area (Å²) in [5.41, 5.74) is 7.66. The third-order valence-corrected chi connectivity index (χ3v) is 4.24. The molecule has 1 aliphatic rings. The lowest BCUT2D eigenvalue weighted by Gasteiger charge is -2.11. The molecular formula is C22H25NO4. The summed E-state index contributed by atoms with van der Waals surface area (Å²) >= 11 is 0. The average Bonchev–Trinajstić information content (AvgIpc) is 2.87. The first kappa shape index (κ1) is 20.4. The van der Waals surface area contributed by atoms with Crippen LogP contribution in [0.3, 0.4) is 0 Å². The molecule has 0 radical (unpaired) electrons. The molecule has 0 saturated heterocycles. The van der Waals surface area contributed by atoms with Crippen molar-refractivity contribution in [3.05, 3.63) is 65.7 Å². The van der Waals surface area contributed by atoms with Crippen LogP contribution in [-0.2, 0) is 20.7 Å². The van der Waals surface area contributed by atoms with Gasteiger partial charge in [0.25, 0.3) is 0 Å². The molecule has 142 valence electrons. The molecule has 1 aliphatic carbocycles. The van der Waals surface area contributed by atoms with E-state index in [1.807, 2.05) is 44.2 Å². The zero-order valence-corrected chi connectivity index (χ0v) is 15.7. The van der Waals surface area contributed by atoms with Crippen LogP contribution in [0.1, 0.15) is 42.6 Å². The van der Waals surface area contributed by atoms with Crippen LogP contribution < -0.4 is 5.73 Å². The Labute approximate surface area is 159 Å². The molecule has 2 aromatic rings. The molecule has 5 nitrogen and oxygen atoms in total. The van der Waals surface area contributed by atoms with E-state index in [1.165, 1.54) is 0 Å². The van der Waals surface area contributed by atoms with Crippen LogP contribution in [0.15, 0.2) is 54.6 Å². The highest BCUT2D eigenvalue weighted by Gasteiger charge is 2.36. The van der Waals surface area contributed by atoms with Crippen LogP contribution in [0.5, 0.6) is 0 Å². The maximum absolute atomic E-state index is 11.8. The van der Waals surface area contributed by atoms with Gasteiger partial charge in [-0.2, -0.15) is 0 Å². The fraction of sp³-hybridized carbons (Fsp3) is 0.318. The topological polar surface area (TPSA) is 86.5 Å². The first-order valence-electron chi connectivity index (χ1n) is 8.90. The number of anilines is 1. The van der Waals surface area contributed by atoms with Crippen LogP contribution in [0.4, 0.5) is 5.69 Å². The molecule has 2 N–H and O–H groups in total. The lowest BCUT2D eigenvalue weighted by atomic mass is 9.92. The van der Waals surface area contributed by atoms with Gasteiger partial charge in [-0.05, 0) is 23.1 Å². The Balaban J connectivity index is 0.000000244. The van der Waals surface area contributed by atoms with E-state index in [0.29, 0.717) is 37.1 Å². The van der Waals surface area contributed by atoms with Gasteiger partial charge in [0.05, 0.1) is 12.2 Å². The van der Waals surface area contributed by atoms with Crippen molar-refractivity contribution in [3.8, 4) is 0 Å². The number of Topliss-reactive ketones (excluding diaryl/α,β-unsaturated/α-hetero) is 2. The Morgan fingerprint density at radius 3 is 2.04 bits per heavy atom. The molecule has 0 unspecified atom stereocenters. The number of para-hydroxylation sites is 1. The van der Waals surface area contributed by atoms with Gasteiger partial charge < -0.3 is 10.5 Å². The van der Waals surface area contributed by atoms with E-state index in [0.717, 1.165) is 5.56 Å². The largest absolute Gasteiger partial charge is 0.462 e. The van der Waals surface area contributed by atoms with Crippen molar-refractivity contribution in [2.75, 3.05) is 12.3 Å². The van der Waals surface area contributed by atoms with Crippen LogP contribution >= 0.6 is 0 Å². The fourth-order valence-electron chi connectivity index (χ4n) is 2.80. The average molecular weight is 367 g/mol. The van der Waals surface area contributed by atoms with E-state index < -0.39 is 0 Å². The number of ketones is 2. The number of ether oxygens (including phenoxy) is 1. The van der Waals surface area contributed by atoms with E-state index in [1.54, 1.807) is 24.3 Å². The van der Waals surface area contributed by atoms with Gasteiger partial charge in [-0.1, -0.05) is 56.3 Å². The number of esters is 1. The number of carbonyl (C=O) groups is 3. The number of nitrogens with two attached hydrogens (primary N) is 1. The Hall–Kier alpha value is -2.95. The molecule has 2 aromatic carbocycles. The lowest BCUT2D eigenvalue weighted by molar-refractivity contribution is -0.134. The molecule has 0 amide bonds. The summed E-state index contributed by atoms with van der Waals surface area (Å²) in [6.45, 7) is 4.24. The molecular weight excluding hydrogens is 342 g/mol. The van der Waals surface area contributed by atoms with Gasteiger partial charge in [-0.15, -0.1) is 0 Å². The number of hydrogen-bond donors (Lipinski definition) is 1. The van der Waals surface area contributed by atoms with Crippen molar-refractivity contribution < 1.29 is 19.1 Å². The normalized spacial score (nSPS) is 15.0. The van der Waals surface area contributed by atoms with E-state index in [2.05, 4.69) is 0 Å². The second-order valence-electron chi connectivity index (χ2n) is 7.32. The van der Waals surface area contributed by atoms with E-state index in [9.17, 15) is 14.4 Å². The summed E-state index contributed by atoms with van der Waals surface area (Å²) in [5, 5.41) is 0. The van der Waals surface area contributed by atoms with Crippen LogP contribution in [0.25, 0.3) is 0 Å². The SMILES string of the molecule is CC1(C)CC(=O)C(=O)C1.Nc1ccccc1C(=O)OCCc1ccccc1. The Morgan fingerprint density at radius 2 is 1.52 bits per heavy atom. The zero-order chi connectivity index (χ0) is 19.9.